The molecular formula is C15H25NO2. The highest BCUT2D eigenvalue weighted by Crippen LogP contribution is 2.13. The molecule has 0 aliphatic rings. The highest BCUT2D eigenvalue weighted by molar-refractivity contribution is 5.26. The van der Waals surface area contributed by atoms with Crippen molar-refractivity contribution in [2.75, 3.05) is 6.54 Å². The summed E-state index contributed by atoms with van der Waals surface area (Å²) < 4.78 is 0. The Bertz CT molecular complexity index is 311. The first-order valence-electron chi connectivity index (χ1n) is 6.92. The summed E-state index contributed by atoms with van der Waals surface area (Å²) in [6, 6.07) is 7.97. The van der Waals surface area contributed by atoms with Crippen LogP contribution in [-0.4, -0.2) is 12.8 Å². The van der Waals surface area contributed by atoms with Crippen molar-refractivity contribution in [2.24, 2.45) is 0 Å². The van der Waals surface area contributed by atoms with Crippen LogP contribution in [0.2, 0.25) is 0 Å². The van der Waals surface area contributed by atoms with Gasteiger partial charge in [-0.3, -0.25) is 5.32 Å². The molecule has 1 aromatic rings. The molecule has 0 aliphatic heterocycles. The van der Waals surface area contributed by atoms with Crippen molar-refractivity contribution in [1.29, 1.82) is 0 Å². The largest absolute Gasteiger partial charge is 0.336 e. The third-order valence-electron chi connectivity index (χ3n) is 2.83. The van der Waals surface area contributed by atoms with Crippen LogP contribution in [0, 0.1) is 0 Å². The molecule has 1 N–H and O–H groups in total. The summed E-state index contributed by atoms with van der Waals surface area (Å²) in [7, 11) is 0. The molecule has 0 saturated heterocycles. The predicted octanol–water partition coefficient (Wildman–Crippen LogP) is 3.69. The minimum absolute atomic E-state index is 0.0901. The van der Waals surface area contributed by atoms with Crippen LogP contribution in [0.1, 0.15) is 45.6 Å². The monoisotopic (exact) mass is 251 g/mol. The van der Waals surface area contributed by atoms with Gasteiger partial charge in [0.1, 0.15) is 0 Å². The minimum Gasteiger partial charge on any atom is -0.336 e. The van der Waals surface area contributed by atoms with Crippen molar-refractivity contribution in [2.45, 2.75) is 52.7 Å². The molecule has 0 spiro atoms. The second-order valence-electron chi connectivity index (χ2n) is 4.48. The fourth-order valence-corrected chi connectivity index (χ4v) is 1.62. The topological polar surface area (TPSA) is 30.5 Å². The lowest BCUT2D eigenvalue weighted by atomic mass is 10.2. The summed E-state index contributed by atoms with van der Waals surface area (Å²) >= 11 is 0. The van der Waals surface area contributed by atoms with E-state index in [4.69, 9.17) is 9.78 Å². The van der Waals surface area contributed by atoms with Crippen molar-refractivity contribution >= 4 is 0 Å². The molecule has 1 atom stereocenters. The van der Waals surface area contributed by atoms with Crippen LogP contribution in [0.4, 0.5) is 0 Å². The van der Waals surface area contributed by atoms with Crippen LogP contribution in [-0.2, 0) is 11.3 Å². The Balaban J connectivity index is 2.18. The number of benzene rings is 1. The molecule has 1 rings (SSSR count). The van der Waals surface area contributed by atoms with Crippen molar-refractivity contribution in [3.8, 4) is 5.75 Å². The maximum Gasteiger partial charge on any atom is 0.165 e. The van der Waals surface area contributed by atoms with Crippen LogP contribution in [0.15, 0.2) is 24.3 Å². The van der Waals surface area contributed by atoms with Crippen molar-refractivity contribution in [3.63, 3.8) is 0 Å². The van der Waals surface area contributed by atoms with Gasteiger partial charge in [0, 0.05) is 0 Å². The minimum atomic E-state index is -0.0901. The normalized spacial score (nSPS) is 12.4. The van der Waals surface area contributed by atoms with Crippen LogP contribution < -0.4 is 10.2 Å². The zero-order valence-electron chi connectivity index (χ0n) is 11.7. The molecule has 0 aromatic heterocycles. The molecule has 18 heavy (non-hydrogen) atoms. The van der Waals surface area contributed by atoms with Crippen molar-refractivity contribution < 1.29 is 9.78 Å². The van der Waals surface area contributed by atoms with Gasteiger partial charge in [0.2, 0.25) is 0 Å². The molecule has 0 fully saturated rings. The standard InChI is InChI=1S/C15H25NO2/c1-4-6-7-12-16-13(3)17-18-15-10-8-14(5-2)9-11-15/h8-11,13,16H,4-7,12H2,1-3H3. The molecule has 0 aliphatic carbocycles. The van der Waals surface area contributed by atoms with Gasteiger partial charge in [-0.1, -0.05) is 38.8 Å². The summed E-state index contributed by atoms with van der Waals surface area (Å²) in [5.41, 5.74) is 1.30. The third-order valence-corrected chi connectivity index (χ3v) is 2.83. The molecule has 3 nitrogen and oxygen atoms in total. The zero-order chi connectivity index (χ0) is 13.2. The second-order valence-corrected chi connectivity index (χ2v) is 4.48. The fourth-order valence-electron chi connectivity index (χ4n) is 1.62. The highest BCUT2D eigenvalue weighted by atomic mass is 17.2. The average Bonchev–Trinajstić information content (AvgIpc) is 2.42. The number of hydrogen-bond acceptors (Lipinski definition) is 3. The Morgan fingerprint density at radius 3 is 2.44 bits per heavy atom. The first-order chi connectivity index (χ1) is 8.76. The van der Waals surface area contributed by atoms with Crippen molar-refractivity contribution in [1.82, 2.24) is 5.32 Å². The van der Waals surface area contributed by atoms with E-state index < -0.39 is 0 Å². The predicted molar refractivity (Wildman–Crippen MR) is 74.5 cm³/mol. The van der Waals surface area contributed by atoms with Gasteiger partial charge in [0.15, 0.2) is 12.0 Å². The zero-order valence-corrected chi connectivity index (χ0v) is 11.7. The number of rotatable bonds is 9. The van der Waals surface area contributed by atoms with Gasteiger partial charge in [-0.2, -0.15) is 4.89 Å². The molecule has 0 heterocycles. The molecule has 3 heteroatoms. The van der Waals surface area contributed by atoms with Crippen molar-refractivity contribution in [3.05, 3.63) is 29.8 Å². The smallest absolute Gasteiger partial charge is 0.165 e. The Hall–Kier alpha value is -1.06. The van der Waals surface area contributed by atoms with E-state index in [0.717, 1.165) is 18.7 Å². The van der Waals surface area contributed by atoms with E-state index in [1.807, 2.05) is 19.1 Å². The lowest BCUT2D eigenvalue weighted by Gasteiger charge is -2.13. The van der Waals surface area contributed by atoms with Gasteiger partial charge in [0.25, 0.3) is 0 Å². The average molecular weight is 251 g/mol. The molecule has 0 radical (unpaired) electrons. The summed E-state index contributed by atoms with van der Waals surface area (Å²) in [4.78, 5) is 10.5. The van der Waals surface area contributed by atoms with Crippen LogP contribution in [0.25, 0.3) is 0 Å². The summed E-state index contributed by atoms with van der Waals surface area (Å²) in [6.07, 6.45) is 4.61. The Morgan fingerprint density at radius 2 is 1.83 bits per heavy atom. The maximum absolute atomic E-state index is 5.27. The van der Waals surface area contributed by atoms with E-state index in [-0.39, 0.29) is 6.23 Å². The highest BCUT2D eigenvalue weighted by Gasteiger charge is 2.03. The third kappa shape index (κ3) is 6.03. The first kappa shape index (κ1) is 15.0. The quantitative estimate of drug-likeness (QED) is 0.314. The van der Waals surface area contributed by atoms with E-state index in [1.54, 1.807) is 0 Å². The molecule has 1 unspecified atom stereocenters. The van der Waals surface area contributed by atoms with E-state index in [0.29, 0.717) is 0 Å². The van der Waals surface area contributed by atoms with Gasteiger partial charge in [-0.05, 0) is 44.0 Å². The van der Waals surface area contributed by atoms with Gasteiger partial charge >= 0.3 is 0 Å². The fraction of sp³-hybridized carbons (Fsp3) is 0.600. The van der Waals surface area contributed by atoms with Crippen LogP contribution in [0.5, 0.6) is 5.75 Å². The van der Waals surface area contributed by atoms with Gasteiger partial charge < -0.3 is 4.89 Å². The molecular weight excluding hydrogens is 226 g/mol. The lowest BCUT2D eigenvalue weighted by Crippen LogP contribution is -2.30. The molecule has 0 bridgehead atoms. The van der Waals surface area contributed by atoms with Gasteiger partial charge in [0.05, 0.1) is 0 Å². The number of nitrogens with one attached hydrogen (secondary N) is 1. The maximum atomic E-state index is 5.27. The SMILES string of the molecule is CCCCCNC(C)OOc1ccc(CC)cc1. The molecule has 0 amide bonds. The van der Waals surface area contributed by atoms with E-state index in [1.165, 1.54) is 24.8 Å². The molecule has 0 saturated carbocycles. The number of aryl methyl sites for hydroxylation is 1. The Kier molecular flexibility index (Phi) is 7.46. The van der Waals surface area contributed by atoms with Crippen LogP contribution >= 0.6 is 0 Å². The first-order valence-corrected chi connectivity index (χ1v) is 6.92. The second kappa shape index (κ2) is 8.95. The van der Waals surface area contributed by atoms with Crippen LogP contribution in [0.3, 0.4) is 0 Å². The Labute approximate surface area is 110 Å². The van der Waals surface area contributed by atoms with Gasteiger partial charge in [-0.15, -0.1) is 0 Å². The summed E-state index contributed by atoms with van der Waals surface area (Å²) in [6.45, 7) is 7.25. The van der Waals surface area contributed by atoms with E-state index >= 15 is 0 Å². The summed E-state index contributed by atoms with van der Waals surface area (Å²) in [5, 5.41) is 3.26. The molecule has 102 valence electrons. The lowest BCUT2D eigenvalue weighted by molar-refractivity contribution is -0.247. The Morgan fingerprint density at radius 1 is 1.11 bits per heavy atom. The number of hydrogen-bond donors (Lipinski definition) is 1. The summed E-state index contributed by atoms with van der Waals surface area (Å²) in [5.74, 6) is 0.745. The van der Waals surface area contributed by atoms with Gasteiger partial charge in [-0.25, -0.2) is 0 Å². The molecule has 1 aromatic carbocycles. The number of unbranched alkanes of at least 4 members (excludes halogenated alkanes) is 2. The van der Waals surface area contributed by atoms with E-state index in [9.17, 15) is 0 Å². The van der Waals surface area contributed by atoms with E-state index in [2.05, 4.69) is 31.3 Å².